The van der Waals surface area contributed by atoms with E-state index in [-0.39, 0.29) is 18.2 Å². The SMILES string of the molecule is Fc1ccc(C(F)(F)F)cc1CN1CCCC1c1ccccn1. The van der Waals surface area contributed by atoms with Crippen LogP contribution in [0.3, 0.4) is 0 Å². The molecule has 1 aliphatic heterocycles. The maximum Gasteiger partial charge on any atom is 0.416 e. The molecular formula is C17H16F4N2. The van der Waals surface area contributed by atoms with Gasteiger partial charge < -0.3 is 0 Å². The minimum absolute atomic E-state index is 0.0187. The highest BCUT2D eigenvalue weighted by Gasteiger charge is 2.32. The standard InChI is InChI=1S/C17H16F4N2/c18-14-7-6-13(17(19,20)21)10-12(14)11-23-9-3-5-16(23)15-4-1-2-8-22-15/h1-2,4,6-8,10,16H,3,5,9,11H2. The topological polar surface area (TPSA) is 16.1 Å². The summed E-state index contributed by atoms with van der Waals surface area (Å²) in [6.45, 7) is 0.869. The largest absolute Gasteiger partial charge is 0.416 e. The van der Waals surface area contributed by atoms with Gasteiger partial charge in [-0.25, -0.2) is 4.39 Å². The van der Waals surface area contributed by atoms with Gasteiger partial charge in [0.2, 0.25) is 0 Å². The van der Waals surface area contributed by atoms with E-state index in [4.69, 9.17) is 0 Å². The Hall–Kier alpha value is -1.95. The summed E-state index contributed by atoms with van der Waals surface area (Å²) in [6.07, 6.45) is -0.982. The third kappa shape index (κ3) is 3.52. The molecule has 0 bridgehead atoms. The molecule has 1 aliphatic rings. The molecule has 1 aromatic heterocycles. The Labute approximate surface area is 131 Å². The van der Waals surface area contributed by atoms with Crippen LogP contribution in [0.4, 0.5) is 17.6 Å². The van der Waals surface area contributed by atoms with Crippen molar-refractivity contribution in [2.75, 3.05) is 6.54 Å². The van der Waals surface area contributed by atoms with Crippen molar-refractivity contribution in [3.63, 3.8) is 0 Å². The number of likely N-dealkylation sites (tertiary alicyclic amines) is 1. The first kappa shape index (κ1) is 15.9. The van der Waals surface area contributed by atoms with Gasteiger partial charge in [-0.1, -0.05) is 6.07 Å². The van der Waals surface area contributed by atoms with Crippen LogP contribution < -0.4 is 0 Å². The Morgan fingerprint density at radius 2 is 2.00 bits per heavy atom. The predicted molar refractivity (Wildman–Crippen MR) is 78.0 cm³/mol. The second-order valence-corrected chi connectivity index (χ2v) is 5.69. The first-order valence-electron chi connectivity index (χ1n) is 7.46. The Morgan fingerprint density at radius 1 is 1.17 bits per heavy atom. The summed E-state index contributed by atoms with van der Waals surface area (Å²) in [5.74, 6) is -0.607. The maximum atomic E-state index is 13.9. The molecule has 1 aromatic carbocycles. The van der Waals surface area contributed by atoms with E-state index in [1.165, 1.54) is 0 Å². The number of benzene rings is 1. The van der Waals surface area contributed by atoms with Crippen molar-refractivity contribution < 1.29 is 17.6 Å². The molecule has 0 spiro atoms. The fourth-order valence-corrected chi connectivity index (χ4v) is 3.01. The van der Waals surface area contributed by atoms with Crippen molar-refractivity contribution in [3.05, 3.63) is 65.2 Å². The summed E-state index contributed by atoms with van der Waals surface area (Å²) in [4.78, 5) is 6.30. The van der Waals surface area contributed by atoms with Crippen LogP contribution in [-0.2, 0) is 12.7 Å². The monoisotopic (exact) mass is 324 g/mol. The molecule has 0 saturated carbocycles. The summed E-state index contributed by atoms with van der Waals surface area (Å²) in [6, 6.07) is 8.18. The molecular weight excluding hydrogens is 308 g/mol. The zero-order valence-electron chi connectivity index (χ0n) is 12.4. The van der Waals surface area contributed by atoms with Crippen molar-refractivity contribution in [1.82, 2.24) is 9.88 Å². The van der Waals surface area contributed by atoms with Gasteiger partial charge in [-0.15, -0.1) is 0 Å². The highest BCUT2D eigenvalue weighted by molar-refractivity contribution is 5.27. The maximum absolute atomic E-state index is 13.9. The lowest BCUT2D eigenvalue weighted by atomic mass is 10.1. The summed E-state index contributed by atoms with van der Waals surface area (Å²) in [7, 11) is 0. The van der Waals surface area contributed by atoms with E-state index in [1.54, 1.807) is 6.20 Å². The van der Waals surface area contributed by atoms with Crippen molar-refractivity contribution in [2.24, 2.45) is 0 Å². The number of halogens is 4. The van der Waals surface area contributed by atoms with Crippen molar-refractivity contribution in [3.8, 4) is 0 Å². The van der Waals surface area contributed by atoms with E-state index in [0.717, 1.165) is 43.3 Å². The molecule has 122 valence electrons. The number of pyridine rings is 1. The Morgan fingerprint density at radius 3 is 2.70 bits per heavy atom. The van der Waals surface area contributed by atoms with Gasteiger partial charge in [-0.2, -0.15) is 13.2 Å². The second kappa shape index (κ2) is 6.28. The molecule has 1 atom stereocenters. The van der Waals surface area contributed by atoms with Crippen LogP contribution in [0.15, 0.2) is 42.6 Å². The molecule has 6 heteroatoms. The van der Waals surface area contributed by atoms with Gasteiger partial charge in [0.25, 0.3) is 0 Å². The van der Waals surface area contributed by atoms with E-state index in [2.05, 4.69) is 4.98 Å². The lowest BCUT2D eigenvalue weighted by Crippen LogP contribution is -2.24. The van der Waals surface area contributed by atoms with Gasteiger partial charge in [-0.3, -0.25) is 9.88 Å². The summed E-state index contributed by atoms with van der Waals surface area (Å²) in [5.41, 5.74) is 0.127. The number of hydrogen-bond acceptors (Lipinski definition) is 2. The van der Waals surface area contributed by atoms with E-state index < -0.39 is 17.6 Å². The van der Waals surface area contributed by atoms with Gasteiger partial charge in [0.1, 0.15) is 5.82 Å². The summed E-state index contributed by atoms with van der Waals surface area (Å²) in [5, 5.41) is 0. The van der Waals surface area contributed by atoms with E-state index in [0.29, 0.717) is 0 Å². The molecule has 1 unspecified atom stereocenters. The fourth-order valence-electron chi connectivity index (χ4n) is 3.01. The zero-order chi connectivity index (χ0) is 16.4. The molecule has 2 aromatic rings. The average molecular weight is 324 g/mol. The molecule has 1 fully saturated rings. The molecule has 0 aliphatic carbocycles. The number of aromatic nitrogens is 1. The highest BCUT2D eigenvalue weighted by Crippen LogP contribution is 2.34. The van der Waals surface area contributed by atoms with Gasteiger partial charge >= 0.3 is 6.18 Å². The van der Waals surface area contributed by atoms with E-state index in [9.17, 15) is 17.6 Å². The van der Waals surface area contributed by atoms with Crippen molar-refractivity contribution >= 4 is 0 Å². The van der Waals surface area contributed by atoms with Crippen LogP contribution in [0.1, 0.15) is 35.7 Å². The molecule has 0 N–H and O–H groups in total. The fraction of sp³-hybridized carbons (Fsp3) is 0.353. The number of hydrogen-bond donors (Lipinski definition) is 0. The molecule has 2 heterocycles. The quantitative estimate of drug-likeness (QED) is 0.769. The lowest BCUT2D eigenvalue weighted by molar-refractivity contribution is -0.137. The zero-order valence-corrected chi connectivity index (χ0v) is 12.4. The molecule has 1 saturated heterocycles. The molecule has 0 amide bonds. The second-order valence-electron chi connectivity index (χ2n) is 5.69. The molecule has 3 rings (SSSR count). The van der Waals surface area contributed by atoms with Crippen LogP contribution in [0.5, 0.6) is 0 Å². The molecule has 0 radical (unpaired) electrons. The first-order valence-corrected chi connectivity index (χ1v) is 7.46. The van der Waals surface area contributed by atoms with Crippen LogP contribution in [-0.4, -0.2) is 16.4 Å². The van der Waals surface area contributed by atoms with E-state index in [1.807, 2.05) is 23.1 Å². The van der Waals surface area contributed by atoms with Gasteiger partial charge in [0.05, 0.1) is 17.3 Å². The minimum Gasteiger partial charge on any atom is -0.290 e. The molecule has 2 nitrogen and oxygen atoms in total. The minimum atomic E-state index is -4.46. The molecule has 23 heavy (non-hydrogen) atoms. The van der Waals surface area contributed by atoms with E-state index >= 15 is 0 Å². The van der Waals surface area contributed by atoms with Crippen molar-refractivity contribution in [2.45, 2.75) is 31.6 Å². The van der Waals surface area contributed by atoms with Gasteiger partial charge in [0.15, 0.2) is 0 Å². The third-order valence-corrected chi connectivity index (χ3v) is 4.14. The average Bonchev–Trinajstić information content (AvgIpc) is 2.97. The Balaban J connectivity index is 1.84. The smallest absolute Gasteiger partial charge is 0.290 e. The number of alkyl halides is 3. The lowest BCUT2D eigenvalue weighted by Gasteiger charge is -2.24. The Bertz CT molecular complexity index is 670. The van der Waals surface area contributed by atoms with Crippen LogP contribution in [0, 0.1) is 5.82 Å². The predicted octanol–water partition coefficient (Wildman–Crippen LogP) is 4.58. The van der Waals surface area contributed by atoms with Gasteiger partial charge in [-0.05, 0) is 49.7 Å². The van der Waals surface area contributed by atoms with Crippen LogP contribution in [0.25, 0.3) is 0 Å². The highest BCUT2D eigenvalue weighted by atomic mass is 19.4. The normalized spacial score (nSPS) is 19.2. The number of rotatable bonds is 3. The van der Waals surface area contributed by atoms with Crippen LogP contribution >= 0.6 is 0 Å². The first-order chi connectivity index (χ1) is 10.9. The van der Waals surface area contributed by atoms with Crippen molar-refractivity contribution in [1.29, 1.82) is 0 Å². The summed E-state index contributed by atoms with van der Waals surface area (Å²) < 4.78 is 52.4. The third-order valence-electron chi connectivity index (χ3n) is 4.14. The summed E-state index contributed by atoms with van der Waals surface area (Å²) >= 11 is 0. The Kier molecular flexibility index (Phi) is 4.35. The number of nitrogens with zero attached hydrogens (tertiary/aromatic N) is 2. The van der Waals surface area contributed by atoms with Crippen LogP contribution in [0.2, 0.25) is 0 Å². The van der Waals surface area contributed by atoms with Gasteiger partial charge in [0, 0.05) is 18.3 Å².